The molecule has 1 aliphatic heterocycles. The molecule has 0 radical (unpaired) electrons. The average molecular weight is 480 g/mol. The van der Waals surface area contributed by atoms with Crippen LogP contribution in [0.3, 0.4) is 0 Å². The lowest BCUT2D eigenvalue weighted by Gasteiger charge is -2.27. The predicted molar refractivity (Wildman–Crippen MR) is 118 cm³/mol. The third-order valence-corrected chi connectivity index (χ3v) is 5.66. The fourth-order valence-electron chi connectivity index (χ4n) is 3.47. The number of pyridine rings is 1. The predicted octanol–water partition coefficient (Wildman–Crippen LogP) is 3.74. The number of alkyl halides is 3. The van der Waals surface area contributed by atoms with Crippen LogP contribution in [0.25, 0.3) is 5.82 Å². The van der Waals surface area contributed by atoms with E-state index < -0.39 is 17.3 Å². The van der Waals surface area contributed by atoms with Crippen LogP contribution >= 0.6 is 11.6 Å². The van der Waals surface area contributed by atoms with E-state index in [2.05, 4.69) is 26.4 Å². The molecule has 0 bridgehead atoms. The van der Waals surface area contributed by atoms with E-state index in [0.29, 0.717) is 31.6 Å². The second-order valence-electron chi connectivity index (χ2n) is 7.50. The van der Waals surface area contributed by atoms with Crippen LogP contribution < -0.4 is 10.9 Å². The highest BCUT2D eigenvalue weighted by Gasteiger charge is 2.30. The van der Waals surface area contributed by atoms with Crippen LogP contribution in [0.4, 0.5) is 18.9 Å². The minimum Gasteiger partial charge on any atom is -0.379 e. The molecule has 1 aromatic carbocycles. The smallest absolute Gasteiger partial charge is 0.379 e. The van der Waals surface area contributed by atoms with Crippen molar-refractivity contribution >= 4 is 17.3 Å². The summed E-state index contributed by atoms with van der Waals surface area (Å²) in [7, 11) is 0. The van der Waals surface area contributed by atoms with Gasteiger partial charge in [-0.1, -0.05) is 35.9 Å². The summed E-state index contributed by atoms with van der Waals surface area (Å²) in [6.07, 6.45) is -2.52. The van der Waals surface area contributed by atoms with Gasteiger partial charge in [-0.25, -0.2) is 4.98 Å². The number of benzene rings is 1. The van der Waals surface area contributed by atoms with Crippen molar-refractivity contribution in [1.29, 1.82) is 0 Å². The Balaban J connectivity index is 1.49. The van der Waals surface area contributed by atoms with Crippen LogP contribution in [0.15, 0.2) is 53.6 Å². The quantitative estimate of drug-likeness (QED) is 0.580. The number of ether oxygens (including phenoxy) is 1. The van der Waals surface area contributed by atoms with E-state index in [0.717, 1.165) is 47.6 Å². The minimum atomic E-state index is -4.52. The van der Waals surface area contributed by atoms with Crippen molar-refractivity contribution in [2.45, 2.75) is 19.3 Å². The van der Waals surface area contributed by atoms with Gasteiger partial charge in [-0.05, 0) is 23.3 Å². The summed E-state index contributed by atoms with van der Waals surface area (Å²) < 4.78 is 44.5. The number of morpholine rings is 1. The number of nitrogens with zero attached hydrogens (tertiary/aromatic N) is 4. The molecule has 0 spiro atoms. The lowest BCUT2D eigenvalue weighted by atomic mass is 10.1. The van der Waals surface area contributed by atoms with Crippen molar-refractivity contribution in [3.05, 3.63) is 80.9 Å². The minimum absolute atomic E-state index is 0.0580. The molecule has 1 saturated heterocycles. The second kappa shape index (κ2) is 9.90. The maximum Gasteiger partial charge on any atom is 0.417 e. The number of aromatic nitrogens is 3. The number of halogens is 4. The van der Waals surface area contributed by atoms with Crippen molar-refractivity contribution in [2.24, 2.45) is 0 Å². The van der Waals surface area contributed by atoms with Crippen LogP contribution in [-0.4, -0.2) is 46.0 Å². The first kappa shape index (κ1) is 23.2. The van der Waals surface area contributed by atoms with Crippen molar-refractivity contribution < 1.29 is 17.9 Å². The van der Waals surface area contributed by atoms with Crippen LogP contribution in [0, 0.1) is 0 Å². The summed E-state index contributed by atoms with van der Waals surface area (Å²) in [5, 5.41) is 7.03. The van der Waals surface area contributed by atoms with Crippen molar-refractivity contribution in [1.82, 2.24) is 19.7 Å². The van der Waals surface area contributed by atoms with Gasteiger partial charge in [0.15, 0.2) is 5.82 Å². The van der Waals surface area contributed by atoms with Gasteiger partial charge in [0, 0.05) is 32.4 Å². The van der Waals surface area contributed by atoms with Crippen LogP contribution in [-0.2, 0) is 24.0 Å². The van der Waals surface area contributed by atoms with E-state index in [4.69, 9.17) is 16.3 Å². The molecule has 0 unspecified atom stereocenters. The van der Waals surface area contributed by atoms with Crippen LogP contribution in [0.1, 0.15) is 16.7 Å². The molecule has 3 heterocycles. The molecule has 4 rings (SSSR count). The number of hydrogen-bond acceptors (Lipinski definition) is 6. The van der Waals surface area contributed by atoms with Gasteiger partial charge in [0.05, 0.1) is 30.7 Å². The fourth-order valence-corrected chi connectivity index (χ4v) is 3.67. The highest BCUT2D eigenvalue weighted by atomic mass is 35.5. The van der Waals surface area contributed by atoms with Crippen molar-refractivity contribution in [3.8, 4) is 5.82 Å². The lowest BCUT2D eigenvalue weighted by Crippen LogP contribution is -2.35. The molecule has 11 heteroatoms. The number of hydrogen-bond donors (Lipinski definition) is 1. The highest BCUT2D eigenvalue weighted by Crippen LogP contribution is 2.28. The third-order valence-electron chi connectivity index (χ3n) is 5.30. The number of nitrogens with one attached hydrogen (secondary N) is 1. The first-order chi connectivity index (χ1) is 15.8. The molecule has 3 aromatic rings. The zero-order chi connectivity index (χ0) is 23.4. The summed E-state index contributed by atoms with van der Waals surface area (Å²) in [5.74, 6) is -0.0580. The molecule has 1 fully saturated rings. The standard InChI is InChI=1S/C22H21ClF3N5O2/c23-20-18(13-29-31(21(20)32)19-6-5-17(12-28-19)22(24,25)26)27-11-15-3-1-2-4-16(15)14-30-7-9-33-10-8-30/h1-6,12-13,27H,7-11,14H2. The van der Waals surface area contributed by atoms with E-state index in [1.807, 2.05) is 18.2 Å². The molecule has 7 nitrogen and oxygen atoms in total. The molecule has 1 aliphatic rings. The number of rotatable bonds is 6. The maximum atomic E-state index is 12.7. The van der Waals surface area contributed by atoms with Gasteiger partial charge in [-0.15, -0.1) is 0 Å². The molecular formula is C22H21ClF3N5O2. The van der Waals surface area contributed by atoms with Gasteiger partial charge in [-0.3, -0.25) is 9.69 Å². The van der Waals surface area contributed by atoms with Crippen LogP contribution in [0.5, 0.6) is 0 Å². The second-order valence-corrected chi connectivity index (χ2v) is 7.88. The van der Waals surface area contributed by atoms with E-state index in [9.17, 15) is 18.0 Å². The van der Waals surface area contributed by atoms with Crippen molar-refractivity contribution in [3.63, 3.8) is 0 Å². The maximum absolute atomic E-state index is 12.7. The van der Waals surface area contributed by atoms with Gasteiger partial charge in [-0.2, -0.15) is 23.0 Å². The SMILES string of the molecule is O=c1c(Cl)c(NCc2ccccc2CN2CCOCC2)cnn1-c1ccc(C(F)(F)F)cn1. The Hall–Kier alpha value is -2.95. The Bertz CT molecular complexity index is 1160. The molecular weight excluding hydrogens is 459 g/mol. The molecule has 0 atom stereocenters. The van der Waals surface area contributed by atoms with E-state index in [-0.39, 0.29) is 10.8 Å². The summed E-state index contributed by atoms with van der Waals surface area (Å²) in [4.78, 5) is 18.7. The van der Waals surface area contributed by atoms with Gasteiger partial charge in [0.1, 0.15) is 5.02 Å². The van der Waals surface area contributed by atoms with Crippen LogP contribution in [0.2, 0.25) is 5.02 Å². The highest BCUT2D eigenvalue weighted by molar-refractivity contribution is 6.32. The molecule has 1 N–H and O–H groups in total. The van der Waals surface area contributed by atoms with E-state index in [1.54, 1.807) is 0 Å². The Morgan fingerprint density at radius 2 is 1.79 bits per heavy atom. The monoisotopic (exact) mass is 479 g/mol. The fraction of sp³-hybridized carbons (Fsp3) is 0.318. The molecule has 174 valence electrons. The Kier molecular flexibility index (Phi) is 6.96. The Morgan fingerprint density at radius 3 is 2.45 bits per heavy atom. The van der Waals surface area contributed by atoms with Gasteiger partial charge < -0.3 is 10.1 Å². The molecule has 33 heavy (non-hydrogen) atoms. The van der Waals surface area contributed by atoms with Gasteiger partial charge >= 0.3 is 6.18 Å². The van der Waals surface area contributed by atoms with E-state index >= 15 is 0 Å². The normalized spacial score (nSPS) is 14.9. The molecule has 2 aromatic heterocycles. The molecule has 0 saturated carbocycles. The molecule has 0 aliphatic carbocycles. The zero-order valence-electron chi connectivity index (χ0n) is 17.5. The summed E-state index contributed by atoms with van der Waals surface area (Å²) >= 11 is 6.25. The van der Waals surface area contributed by atoms with Gasteiger partial charge in [0.25, 0.3) is 5.56 Å². The number of anilines is 1. The molecule has 0 amide bonds. The lowest BCUT2D eigenvalue weighted by molar-refractivity contribution is -0.137. The third kappa shape index (κ3) is 5.52. The first-order valence-electron chi connectivity index (χ1n) is 10.2. The topological polar surface area (TPSA) is 72.3 Å². The summed E-state index contributed by atoms with van der Waals surface area (Å²) in [6, 6.07) is 9.88. The Morgan fingerprint density at radius 1 is 1.06 bits per heavy atom. The van der Waals surface area contributed by atoms with E-state index in [1.165, 1.54) is 6.20 Å². The van der Waals surface area contributed by atoms with Gasteiger partial charge in [0.2, 0.25) is 0 Å². The summed E-state index contributed by atoms with van der Waals surface area (Å²) in [6.45, 7) is 4.37. The first-order valence-corrected chi connectivity index (χ1v) is 10.6. The summed E-state index contributed by atoms with van der Waals surface area (Å²) in [5.41, 5.74) is 0.924. The Labute approximate surface area is 192 Å². The average Bonchev–Trinajstić information content (AvgIpc) is 2.81. The zero-order valence-corrected chi connectivity index (χ0v) is 18.2. The van der Waals surface area contributed by atoms with Crippen molar-refractivity contribution in [2.75, 3.05) is 31.6 Å². The largest absolute Gasteiger partial charge is 0.417 e.